The van der Waals surface area contributed by atoms with Crippen molar-refractivity contribution < 1.29 is 0 Å². The van der Waals surface area contributed by atoms with Crippen molar-refractivity contribution >= 4 is 17.3 Å². The topological polar surface area (TPSA) is 36.3 Å². The van der Waals surface area contributed by atoms with Crippen molar-refractivity contribution in [3.05, 3.63) is 53.3 Å². The Hall–Kier alpha value is -1.92. The lowest BCUT2D eigenvalue weighted by molar-refractivity contribution is 0.173. The molecule has 1 aromatic carbocycles. The summed E-state index contributed by atoms with van der Waals surface area (Å²) >= 11 is 5.64. The predicted molar refractivity (Wildman–Crippen MR) is 110 cm³/mol. The summed E-state index contributed by atoms with van der Waals surface area (Å²) in [6.07, 6.45) is 2.18. The van der Waals surface area contributed by atoms with E-state index in [1.165, 1.54) is 11.1 Å². The number of aryl methyl sites for hydroxylation is 2. The van der Waals surface area contributed by atoms with E-state index in [9.17, 15) is 0 Å². The van der Waals surface area contributed by atoms with Gasteiger partial charge in [0.2, 0.25) is 0 Å². The van der Waals surface area contributed by atoms with Gasteiger partial charge >= 0.3 is 0 Å². The van der Waals surface area contributed by atoms with Gasteiger partial charge in [0.05, 0.1) is 11.7 Å². The van der Waals surface area contributed by atoms with Gasteiger partial charge in [-0.25, -0.2) is 0 Å². The molecule has 26 heavy (non-hydrogen) atoms. The van der Waals surface area contributed by atoms with Gasteiger partial charge in [-0.3, -0.25) is 9.58 Å². The highest BCUT2D eigenvalue weighted by Crippen LogP contribution is 2.14. The van der Waals surface area contributed by atoms with Gasteiger partial charge in [-0.1, -0.05) is 30.3 Å². The molecule has 1 unspecified atom stereocenters. The minimum absolute atomic E-state index is 0.226. The minimum atomic E-state index is 0.226. The average molecular weight is 372 g/mol. The molecule has 0 saturated carbocycles. The van der Waals surface area contributed by atoms with Gasteiger partial charge < -0.3 is 10.2 Å². The summed E-state index contributed by atoms with van der Waals surface area (Å²) < 4.78 is 2.02. The van der Waals surface area contributed by atoms with Crippen LogP contribution in [0.3, 0.4) is 0 Å². The zero-order chi connectivity index (χ0) is 18.5. The lowest BCUT2D eigenvalue weighted by atomic mass is 10.1. The monoisotopic (exact) mass is 371 g/mol. The van der Waals surface area contributed by atoms with E-state index in [2.05, 4.69) is 71.4 Å². The Balaban J connectivity index is 1.48. The van der Waals surface area contributed by atoms with Crippen molar-refractivity contribution in [3.63, 3.8) is 0 Å². The van der Waals surface area contributed by atoms with Gasteiger partial charge in [-0.15, -0.1) is 0 Å². The lowest BCUT2D eigenvalue weighted by Crippen LogP contribution is -2.51. The quantitative estimate of drug-likeness (QED) is 0.818. The standard InChI is InChI=1S/C20H29N5S/c1-4-25-15-19(17(3)22-25)14-23-10-12-24(13-11-23)20(26)21-16(2)18-8-6-5-7-9-18/h5-9,15-16H,4,10-14H2,1-3H3,(H,21,26). The molecule has 6 heteroatoms. The van der Waals surface area contributed by atoms with Crippen LogP contribution in [0, 0.1) is 6.92 Å². The molecule has 0 radical (unpaired) electrons. The second-order valence-electron chi connectivity index (χ2n) is 6.94. The van der Waals surface area contributed by atoms with Gasteiger partial charge in [0.25, 0.3) is 0 Å². The van der Waals surface area contributed by atoms with E-state index >= 15 is 0 Å². The first kappa shape index (κ1) is 18.9. The van der Waals surface area contributed by atoms with Crippen molar-refractivity contribution in [2.75, 3.05) is 26.2 Å². The maximum absolute atomic E-state index is 5.64. The smallest absolute Gasteiger partial charge is 0.169 e. The first-order chi connectivity index (χ1) is 12.6. The molecule has 2 heterocycles. The van der Waals surface area contributed by atoms with E-state index in [1.54, 1.807) is 0 Å². The van der Waals surface area contributed by atoms with E-state index in [-0.39, 0.29) is 6.04 Å². The third-order valence-electron chi connectivity index (χ3n) is 5.07. The van der Waals surface area contributed by atoms with Gasteiger partial charge in [0.15, 0.2) is 5.11 Å². The summed E-state index contributed by atoms with van der Waals surface area (Å²) in [5, 5.41) is 8.88. The molecule has 140 valence electrons. The highest BCUT2D eigenvalue weighted by Gasteiger charge is 2.21. The molecule has 0 bridgehead atoms. The molecule has 1 atom stereocenters. The molecular formula is C20H29N5S. The maximum Gasteiger partial charge on any atom is 0.169 e. The van der Waals surface area contributed by atoms with Gasteiger partial charge in [-0.2, -0.15) is 5.10 Å². The third-order valence-corrected chi connectivity index (χ3v) is 5.44. The molecule has 2 aromatic rings. The van der Waals surface area contributed by atoms with Gasteiger partial charge in [-0.05, 0) is 38.6 Å². The molecule has 1 saturated heterocycles. The van der Waals surface area contributed by atoms with Crippen molar-refractivity contribution in [1.82, 2.24) is 24.9 Å². The Morgan fingerprint density at radius 2 is 1.88 bits per heavy atom. The van der Waals surface area contributed by atoms with Crippen molar-refractivity contribution in [3.8, 4) is 0 Å². The van der Waals surface area contributed by atoms with Crippen LogP contribution in [0.4, 0.5) is 0 Å². The number of hydrogen-bond acceptors (Lipinski definition) is 3. The molecule has 1 aromatic heterocycles. The molecule has 1 fully saturated rings. The number of thiocarbonyl (C=S) groups is 1. The van der Waals surface area contributed by atoms with Crippen molar-refractivity contribution in [2.45, 2.75) is 39.9 Å². The number of nitrogens with one attached hydrogen (secondary N) is 1. The molecule has 0 spiro atoms. The lowest BCUT2D eigenvalue weighted by Gasteiger charge is -2.37. The number of nitrogens with zero attached hydrogens (tertiary/aromatic N) is 4. The van der Waals surface area contributed by atoms with E-state index < -0.39 is 0 Å². The van der Waals surface area contributed by atoms with Crippen molar-refractivity contribution in [1.29, 1.82) is 0 Å². The second-order valence-corrected chi connectivity index (χ2v) is 7.33. The maximum atomic E-state index is 5.64. The van der Waals surface area contributed by atoms with Crippen LogP contribution in [-0.2, 0) is 13.1 Å². The van der Waals surface area contributed by atoms with Crippen LogP contribution in [0.25, 0.3) is 0 Å². The summed E-state index contributed by atoms with van der Waals surface area (Å²) in [5.41, 5.74) is 3.73. The Morgan fingerprint density at radius 1 is 1.19 bits per heavy atom. The molecule has 1 N–H and O–H groups in total. The number of aromatic nitrogens is 2. The Labute approximate surface area is 162 Å². The zero-order valence-corrected chi connectivity index (χ0v) is 16.8. The highest BCUT2D eigenvalue weighted by atomic mass is 32.1. The van der Waals surface area contributed by atoms with Crippen LogP contribution in [0.5, 0.6) is 0 Å². The summed E-state index contributed by atoms with van der Waals surface area (Å²) in [5.74, 6) is 0. The molecular weight excluding hydrogens is 342 g/mol. The van der Waals surface area contributed by atoms with Crippen LogP contribution in [0.2, 0.25) is 0 Å². The molecule has 0 amide bonds. The minimum Gasteiger partial charge on any atom is -0.356 e. The normalized spacial score (nSPS) is 16.5. The highest BCUT2D eigenvalue weighted by molar-refractivity contribution is 7.80. The fourth-order valence-electron chi connectivity index (χ4n) is 3.33. The SMILES string of the molecule is CCn1cc(CN2CCN(C(=S)NC(C)c3ccccc3)CC2)c(C)n1. The molecule has 5 nitrogen and oxygen atoms in total. The number of hydrogen-bond donors (Lipinski definition) is 1. The third kappa shape index (κ3) is 4.62. The first-order valence-corrected chi connectivity index (χ1v) is 9.83. The van der Waals surface area contributed by atoms with Crippen LogP contribution in [0.1, 0.15) is 36.7 Å². The van der Waals surface area contributed by atoms with Crippen molar-refractivity contribution in [2.24, 2.45) is 0 Å². The Bertz CT molecular complexity index is 719. The molecule has 1 aliphatic rings. The number of benzene rings is 1. The Kier molecular flexibility index (Phi) is 6.27. The van der Waals surface area contributed by atoms with Crippen LogP contribution in [-0.4, -0.2) is 50.9 Å². The van der Waals surface area contributed by atoms with Crippen LogP contribution >= 0.6 is 12.2 Å². The fraction of sp³-hybridized carbons (Fsp3) is 0.500. The fourth-order valence-corrected chi connectivity index (χ4v) is 3.69. The Morgan fingerprint density at radius 3 is 2.50 bits per heavy atom. The molecule has 3 rings (SSSR count). The van der Waals surface area contributed by atoms with E-state index in [4.69, 9.17) is 12.2 Å². The van der Waals surface area contributed by atoms with Crippen LogP contribution in [0.15, 0.2) is 36.5 Å². The second kappa shape index (κ2) is 8.64. The first-order valence-electron chi connectivity index (χ1n) is 9.42. The summed E-state index contributed by atoms with van der Waals surface area (Å²) in [4.78, 5) is 4.78. The van der Waals surface area contributed by atoms with Gasteiger partial charge in [0, 0.05) is 51.0 Å². The number of rotatable bonds is 5. The predicted octanol–water partition coefficient (Wildman–Crippen LogP) is 2.96. The average Bonchev–Trinajstić information content (AvgIpc) is 3.02. The summed E-state index contributed by atoms with van der Waals surface area (Å²) in [6.45, 7) is 12.3. The van der Waals surface area contributed by atoms with E-state index in [0.29, 0.717) is 0 Å². The molecule has 1 aliphatic heterocycles. The summed E-state index contributed by atoms with van der Waals surface area (Å²) in [7, 11) is 0. The van der Waals surface area contributed by atoms with E-state index in [1.807, 2.05) is 10.7 Å². The van der Waals surface area contributed by atoms with Crippen LogP contribution < -0.4 is 5.32 Å². The van der Waals surface area contributed by atoms with Gasteiger partial charge in [0.1, 0.15) is 0 Å². The number of piperazine rings is 1. The molecule has 0 aliphatic carbocycles. The van der Waals surface area contributed by atoms with E-state index in [0.717, 1.165) is 50.1 Å². The zero-order valence-electron chi connectivity index (χ0n) is 16.0. The largest absolute Gasteiger partial charge is 0.356 e. The summed E-state index contributed by atoms with van der Waals surface area (Å²) in [6, 6.07) is 10.7.